The number of carboxylic acid groups (broad SMARTS) is 1. The molecule has 46 heavy (non-hydrogen) atoms. The number of halogens is 1. The van der Waals surface area contributed by atoms with Gasteiger partial charge in [0, 0.05) is 29.2 Å². The van der Waals surface area contributed by atoms with Gasteiger partial charge in [0.25, 0.3) is 5.91 Å². The van der Waals surface area contributed by atoms with Gasteiger partial charge in [-0.05, 0) is 64.1 Å². The van der Waals surface area contributed by atoms with Crippen molar-refractivity contribution in [2.75, 3.05) is 5.32 Å². The highest BCUT2D eigenvalue weighted by Crippen LogP contribution is 2.33. The molecule has 5 rings (SSSR count). The first-order chi connectivity index (χ1) is 22.1. The third-order valence-electron chi connectivity index (χ3n) is 7.70. The van der Waals surface area contributed by atoms with Gasteiger partial charge in [-0.2, -0.15) is 0 Å². The van der Waals surface area contributed by atoms with E-state index in [9.17, 15) is 14.7 Å². The molecule has 5 aromatic carbocycles. The van der Waals surface area contributed by atoms with E-state index in [1.807, 2.05) is 78.9 Å². The number of para-hydroxylation sites is 2. The Kier molecular flexibility index (Phi) is 10.1. The van der Waals surface area contributed by atoms with E-state index in [0.717, 1.165) is 28.0 Å². The van der Waals surface area contributed by atoms with E-state index < -0.39 is 17.9 Å². The van der Waals surface area contributed by atoms with Crippen LogP contribution in [0.5, 0.6) is 11.5 Å². The number of anilines is 1. The summed E-state index contributed by atoms with van der Waals surface area (Å²) in [6.07, 6.45) is 0.104. The van der Waals surface area contributed by atoms with E-state index >= 15 is 0 Å². The van der Waals surface area contributed by atoms with Gasteiger partial charge in [0.2, 0.25) is 0 Å². The molecule has 0 saturated carbocycles. The van der Waals surface area contributed by atoms with Crippen LogP contribution in [0.3, 0.4) is 0 Å². The number of nitrogens with one attached hydrogen (secondary N) is 2. The highest BCUT2D eigenvalue weighted by atomic mass is 35.5. The minimum Gasteiger partial charge on any atom is -0.480 e. The molecule has 0 aromatic heterocycles. The lowest BCUT2D eigenvalue weighted by Crippen LogP contribution is -2.42. The number of aliphatic carboxylic acids is 1. The normalized spacial score (nSPS) is 11.8. The molecule has 0 radical (unpaired) electrons. The fourth-order valence-electron chi connectivity index (χ4n) is 5.08. The first kappa shape index (κ1) is 32.3. The average molecular weight is 633 g/mol. The molecule has 0 heterocycles. The molecule has 0 aliphatic heterocycles. The van der Waals surface area contributed by atoms with Crippen LogP contribution in [0.4, 0.5) is 5.69 Å². The Morgan fingerprint density at radius 2 is 1.46 bits per heavy atom. The Morgan fingerprint density at radius 1 is 0.804 bits per heavy atom. The lowest BCUT2D eigenvalue weighted by atomic mass is 9.87. The molecular weight excluding hydrogens is 596 g/mol. The van der Waals surface area contributed by atoms with Gasteiger partial charge >= 0.3 is 5.97 Å². The van der Waals surface area contributed by atoms with Crippen molar-refractivity contribution in [3.63, 3.8) is 0 Å². The first-order valence-electron chi connectivity index (χ1n) is 15.1. The van der Waals surface area contributed by atoms with E-state index in [4.69, 9.17) is 16.3 Å². The molecule has 0 saturated heterocycles. The van der Waals surface area contributed by atoms with Crippen LogP contribution in [0, 0.1) is 0 Å². The van der Waals surface area contributed by atoms with Crippen molar-refractivity contribution >= 4 is 29.2 Å². The number of amides is 1. The van der Waals surface area contributed by atoms with Gasteiger partial charge in [0.05, 0.1) is 5.56 Å². The van der Waals surface area contributed by atoms with Crippen molar-refractivity contribution in [2.45, 2.75) is 45.2 Å². The second-order valence-electron chi connectivity index (χ2n) is 12.2. The van der Waals surface area contributed by atoms with E-state index in [0.29, 0.717) is 23.0 Å². The van der Waals surface area contributed by atoms with E-state index in [1.165, 1.54) is 5.56 Å². The molecule has 0 spiro atoms. The molecule has 0 aliphatic carbocycles. The standard InChI is InChI=1S/C39H37ClN2O4/c1-39(2,3)29-19-15-27(16-20-29)25-41-34-22-21-30(40)24-33(34)37(43)42-35(38(44)45)23-26-13-17-28(18-14-26)32-11-7-8-12-36(32)46-31-9-5-4-6-10-31/h4-22,24,35,41H,23,25H2,1-3H3,(H,42,43)(H,44,45)/t35-/m0/s1. The molecule has 3 N–H and O–H groups in total. The monoisotopic (exact) mass is 632 g/mol. The highest BCUT2D eigenvalue weighted by molar-refractivity contribution is 6.31. The summed E-state index contributed by atoms with van der Waals surface area (Å²) in [4.78, 5) is 25.7. The Hall–Kier alpha value is -5.07. The van der Waals surface area contributed by atoms with E-state index in [1.54, 1.807) is 18.2 Å². The van der Waals surface area contributed by atoms with Gasteiger partial charge in [0.15, 0.2) is 0 Å². The summed E-state index contributed by atoms with van der Waals surface area (Å²) in [5.41, 5.74) is 5.78. The van der Waals surface area contributed by atoms with Gasteiger partial charge in [0.1, 0.15) is 17.5 Å². The second-order valence-corrected chi connectivity index (χ2v) is 12.6. The Morgan fingerprint density at radius 3 is 2.13 bits per heavy atom. The predicted molar refractivity (Wildman–Crippen MR) is 185 cm³/mol. The summed E-state index contributed by atoms with van der Waals surface area (Å²) < 4.78 is 6.11. The fraction of sp³-hybridized carbons (Fsp3) is 0.179. The zero-order valence-electron chi connectivity index (χ0n) is 26.1. The van der Waals surface area contributed by atoms with Crippen LogP contribution in [-0.2, 0) is 23.2 Å². The Labute approximate surface area is 275 Å². The van der Waals surface area contributed by atoms with Gasteiger partial charge in [-0.1, -0.05) is 117 Å². The number of hydrogen-bond acceptors (Lipinski definition) is 4. The van der Waals surface area contributed by atoms with Gasteiger partial charge in [-0.25, -0.2) is 4.79 Å². The summed E-state index contributed by atoms with van der Waals surface area (Å²) >= 11 is 6.26. The summed E-state index contributed by atoms with van der Waals surface area (Å²) in [5, 5.41) is 16.4. The van der Waals surface area contributed by atoms with Crippen molar-refractivity contribution in [1.82, 2.24) is 5.32 Å². The highest BCUT2D eigenvalue weighted by Gasteiger charge is 2.23. The van der Waals surface area contributed by atoms with Gasteiger partial charge in [-0.15, -0.1) is 0 Å². The first-order valence-corrected chi connectivity index (χ1v) is 15.5. The molecule has 7 heteroatoms. The summed E-state index contributed by atoms with van der Waals surface area (Å²) in [6, 6.07) is 37.1. The molecule has 0 bridgehead atoms. The average Bonchev–Trinajstić information content (AvgIpc) is 3.04. The molecule has 0 unspecified atom stereocenters. The predicted octanol–water partition coefficient (Wildman–Crippen LogP) is 9.13. The maximum atomic E-state index is 13.4. The minimum atomic E-state index is -1.15. The van der Waals surface area contributed by atoms with Crippen molar-refractivity contribution < 1.29 is 19.4 Å². The maximum absolute atomic E-state index is 13.4. The van der Waals surface area contributed by atoms with Crippen molar-refractivity contribution in [3.05, 3.63) is 149 Å². The Bertz CT molecular complexity index is 1800. The number of carbonyl (C=O) groups excluding carboxylic acids is 1. The fourth-order valence-corrected chi connectivity index (χ4v) is 5.25. The van der Waals surface area contributed by atoms with Gasteiger partial charge in [-0.3, -0.25) is 4.79 Å². The summed E-state index contributed by atoms with van der Waals surface area (Å²) in [5.74, 6) is -0.206. The number of hydrogen-bond donors (Lipinski definition) is 3. The van der Waals surface area contributed by atoms with Crippen LogP contribution in [-0.4, -0.2) is 23.0 Å². The van der Waals surface area contributed by atoms with Crippen molar-refractivity contribution in [2.24, 2.45) is 0 Å². The molecule has 1 atom stereocenters. The van der Waals surface area contributed by atoms with Crippen LogP contribution in [0.1, 0.15) is 47.8 Å². The lowest BCUT2D eigenvalue weighted by molar-refractivity contribution is -0.139. The maximum Gasteiger partial charge on any atom is 0.326 e. The topological polar surface area (TPSA) is 87.7 Å². The van der Waals surface area contributed by atoms with Crippen LogP contribution >= 0.6 is 11.6 Å². The molecule has 5 aromatic rings. The largest absolute Gasteiger partial charge is 0.480 e. The minimum absolute atomic E-state index is 0.0546. The number of benzene rings is 5. The van der Waals surface area contributed by atoms with Crippen LogP contribution in [0.25, 0.3) is 11.1 Å². The third-order valence-corrected chi connectivity index (χ3v) is 7.93. The molecular formula is C39H37ClN2O4. The van der Waals surface area contributed by atoms with Crippen LogP contribution in [0.2, 0.25) is 5.02 Å². The molecule has 234 valence electrons. The molecule has 0 aliphatic rings. The van der Waals surface area contributed by atoms with E-state index in [2.05, 4.69) is 55.7 Å². The lowest BCUT2D eigenvalue weighted by Gasteiger charge is -2.19. The molecule has 1 amide bonds. The third kappa shape index (κ3) is 8.34. The number of rotatable bonds is 11. The van der Waals surface area contributed by atoms with Crippen molar-refractivity contribution in [1.29, 1.82) is 0 Å². The molecule has 6 nitrogen and oxygen atoms in total. The van der Waals surface area contributed by atoms with Crippen molar-refractivity contribution in [3.8, 4) is 22.6 Å². The quantitative estimate of drug-likeness (QED) is 0.135. The SMILES string of the molecule is CC(C)(C)c1ccc(CNc2ccc(Cl)cc2C(=O)N[C@@H](Cc2ccc(-c3ccccc3Oc3ccccc3)cc2)C(=O)O)cc1. The Balaban J connectivity index is 1.27. The summed E-state index contributed by atoms with van der Waals surface area (Å²) in [6.45, 7) is 6.99. The van der Waals surface area contributed by atoms with Crippen LogP contribution in [0.15, 0.2) is 121 Å². The number of ether oxygens (including phenoxy) is 1. The molecule has 0 fully saturated rings. The zero-order chi connectivity index (χ0) is 32.7. The zero-order valence-corrected chi connectivity index (χ0v) is 26.8. The number of carbonyl (C=O) groups is 2. The van der Waals surface area contributed by atoms with Crippen LogP contribution < -0.4 is 15.4 Å². The second kappa shape index (κ2) is 14.4. The smallest absolute Gasteiger partial charge is 0.326 e. The van der Waals surface area contributed by atoms with Gasteiger partial charge < -0.3 is 20.5 Å². The number of carboxylic acids is 1. The van der Waals surface area contributed by atoms with E-state index in [-0.39, 0.29) is 17.4 Å². The summed E-state index contributed by atoms with van der Waals surface area (Å²) in [7, 11) is 0.